The molecule has 16 heavy (non-hydrogen) atoms. The van der Waals surface area contributed by atoms with Gasteiger partial charge >= 0.3 is 0 Å². The van der Waals surface area contributed by atoms with Crippen LogP contribution in [0.2, 0.25) is 0 Å². The molecular weight excluding hydrogens is 218 g/mol. The lowest BCUT2D eigenvalue weighted by Crippen LogP contribution is -2.14. The maximum absolute atomic E-state index is 8.84. The van der Waals surface area contributed by atoms with Gasteiger partial charge in [-0.2, -0.15) is 17.0 Å². The molecule has 0 aromatic heterocycles. The molecule has 0 saturated heterocycles. The Hall–Kier alpha value is -1.34. The number of nitrogen functional groups attached to an aromatic ring is 1. The third-order valence-corrected chi connectivity index (χ3v) is 3.22. The van der Waals surface area contributed by atoms with Crippen LogP contribution in [0.1, 0.15) is 12.5 Å². The molecule has 0 heterocycles. The minimum absolute atomic E-state index is 0.530. The van der Waals surface area contributed by atoms with Gasteiger partial charge in [0.05, 0.1) is 16.9 Å². The molecule has 1 aromatic rings. The highest BCUT2D eigenvalue weighted by Crippen LogP contribution is 2.22. The average Bonchev–Trinajstić information content (AvgIpc) is 2.28. The fourth-order valence-corrected chi connectivity index (χ4v) is 2.13. The SMILES string of the molecule is CSCC(C)CNc1cccc(C#N)c1N. The van der Waals surface area contributed by atoms with Crippen LogP contribution in [0.3, 0.4) is 0 Å². The highest BCUT2D eigenvalue weighted by molar-refractivity contribution is 7.98. The van der Waals surface area contributed by atoms with Gasteiger partial charge in [0.15, 0.2) is 0 Å². The van der Waals surface area contributed by atoms with Gasteiger partial charge in [-0.15, -0.1) is 0 Å². The van der Waals surface area contributed by atoms with E-state index >= 15 is 0 Å². The second kappa shape index (κ2) is 6.29. The summed E-state index contributed by atoms with van der Waals surface area (Å²) in [4.78, 5) is 0. The van der Waals surface area contributed by atoms with Gasteiger partial charge in [0.25, 0.3) is 0 Å². The standard InChI is InChI=1S/C12H17N3S/c1-9(8-16-2)7-15-11-5-3-4-10(6-13)12(11)14/h3-5,9,15H,7-8,14H2,1-2H3. The van der Waals surface area contributed by atoms with Crippen molar-refractivity contribution >= 4 is 23.1 Å². The van der Waals surface area contributed by atoms with Gasteiger partial charge in [-0.05, 0) is 30.1 Å². The molecule has 1 aromatic carbocycles. The molecule has 0 aliphatic heterocycles. The van der Waals surface area contributed by atoms with Gasteiger partial charge in [0.1, 0.15) is 6.07 Å². The molecule has 3 N–H and O–H groups in total. The number of anilines is 2. The number of nitrogens with one attached hydrogen (secondary N) is 1. The van der Waals surface area contributed by atoms with Crippen LogP contribution in [0, 0.1) is 17.2 Å². The summed E-state index contributed by atoms with van der Waals surface area (Å²) >= 11 is 1.83. The number of thioether (sulfide) groups is 1. The predicted octanol–water partition coefficient (Wildman–Crippen LogP) is 2.55. The molecule has 0 aliphatic carbocycles. The number of benzene rings is 1. The average molecular weight is 235 g/mol. The Morgan fingerprint density at radius 1 is 1.56 bits per heavy atom. The number of nitrogens with zero attached hydrogens (tertiary/aromatic N) is 1. The first-order valence-electron chi connectivity index (χ1n) is 5.20. The van der Waals surface area contributed by atoms with E-state index in [0.29, 0.717) is 17.2 Å². The highest BCUT2D eigenvalue weighted by atomic mass is 32.2. The van der Waals surface area contributed by atoms with E-state index in [4.69, 9.17) is 11.0 Å². The predicted molar refractivity (Wildman–Crippen MR) is 71.6 cm³/mol. The summed E-state index contributed by atoms with van der Waals surface area (Å²) in [6.07, 6.45) is 2.10. The lowest BCUT2D eigenvalue weighted by atomic mass is 10.1. The molecule has 0 fully saturated rings. The zero-order valence-electron chi connectivity index (χ0n) is 9.66. The van der Waals surface area contributed by atoms with Crippen LogP contribution >= 0.6 is 11.8 Å². The Morgan fingerprint density at radius 3 is 2.94 bits per heavy atom. The topological polar surface area (TPSA) is 61.8 Å². The smallest absolute Gasteiger partial charge is 0.101 e. The number of nitriles is 1. The number of rotatable bonds is 5. The zero-order valence-corrected chi connectivity index (χ0v) is 10.5. The van der Waals surface area contributed by atoms with Crippen molar-refractivity contribution in [2.75, 3.05) is 29.6 Å². The van der Waals surface area contributed by atoms with Crippen molar-refractivity contribution in [3.05, 3.63) is 23.8 Å². The van der Waals surface area contributed by atoms with Crippen LogP contribution in [-0.2, 0) is 0 Å². The first-order chi connectivity index (χ1) is 7.69. The molecule has 86 valence electrons. The van der Waals surface area contributed by atoms with Crippen LogP contribution in [0.5, 0.6) is 0 Å². The summed E-state index contributed by atoms with van der Waals surface area (Å²) < 4.78 is 0. The second-order valence-corrected chi connectivity index (χ2v) is 4.73. The van der Waals surface area contributed by atoms with E-state index < -0.39 is 0 Å². The van der Waals surface area contributed by atoms with E-state index in [0.717, 1.165) is 18.0 Å². The molecule has 0 saturated carbocycles. The first kappa shape index (κ1) is 12.7. The van der Waals surface area contributed by atoms with Gasteiger partial charge in [0.2, 0.25) is 0 Å². The third kappa shape index (κ3) is 3.35. The maximum atomic E-state index is 8.84. The second-order valence-electron chi connectivity index (χ2n) is 3.82. The normalized spacial score (nSPS) is 11.8. The lowest BCUT2D eigenvalue weighted by Gasteiger charge is -2.14. The Balaban J connectivity index is 2.64. The number of hydrogen-bond acceptors (Lipinski definition) is 4. The number of para-hydroxylation sites is 1. The van der Waals surface area contributed by atoms with Crippen LogP contribution in [0.25, 0.3) is 0 Å². The third-order valence-electron chi connectivity index (χ3n) is 2.32. The van der Waals surface area contributed by atoms with Gasteiger partial charge < -0.3 is 11.1 Å². The molecule has 4 heteroatoms. The molecule has 0 amide bonds. The number of hydrogen-bond donors (Lipinski definition) is 2. The Labute approximate surface area is 101 Å². The number of nitrogens with two attached hydrogens (primary N) is 1. The summed E-state index contributed by atoms with van der Waals surface area (Å²) in [5, 5.41) is 12.1. The Morgan fingerprint density at radius 2 is 2.31 bits per heavy atom. The van der Waals surface area contributed by atoms with Crippen LogP contribution in [0.15, 0.2) is 18.2 Å². The Bertz CT molecular complexity index is 384. The summed E-state index contributed by atoms with van der Waals surface area (Å²) in [7, 11) is 0. The molecule has 1 atom stereocenters. The fourth-order valence-electron chi connectivity index (χ4n) is 1.44. The molecule has 0 radical (unpaired) electrons. The van der Waals surface area contributed by atoms with E-state index in [-0.39, 0.29) is 0 Å². The fraction of sp³-hybridized carbons (Fsp3) is 0.417. The van der Waals surface area contributed by atoms with Crippen LogP contribution in [0.4, 0.5) is 11.4 Å². The molecule has 0 bridgehead atoms. The van der Waals surface area contributed by atoms with Gasteiger partial charge in [0, 0.05) is 6.54 Å². The minimum Gasteiger partial charge on any atom is -0.396 e. The van der Waals surface area contributed by atoms with Crippen molar-refractivity contribution in [2.24, 2.45) is 5.92 Å². The highest BCUT2D eigenvalue weighted by Gasteiger charge is 2.05. The van der Waals surface area contributed by atoms with Crippen LogP contribution in [-0.4, -0.2) is 18.6 Å². The van der Waals surface area contributed by atoms with Gasteiger partial charge in [-0.25, -0.2) is 0 Å². The summed E-state index contributed by atoms with van der Waals surface area (Å²) in [6, 6.07) is 7.56. The van der Waals surface area contributed by atoms with Crippen molar-refractivity contribution in [3.63, 3.8) is 0 Å². The van der Waals surface area contributed by atoms with E-state index in [9.17, 15) is 0 Å². The monoisotopic (exact) mass is 235 g/mol. The first-order valence-corrected chi connectivity index (χ1v) is 6.59. The molecule has 0 spiro atoms. The maximum Gasteiger partial charge on any atom is 0.101 e. The van der Waals surface area contributed by atoms with E-state index in [2.05, 4.69) is 24.6 Å². The van der Waals surface area contributed by atoms with Gasteiger partial charge in [-0.1, -0.05) is 13.0 Å². The van der Waals surface area contributed by atoms with Crippen molar-refractivity contribution in [3.8, 4) is 6.07 Å². The largest absolute Gasteiger partial charge is 0.396 e. The van der Waals surface area contributed by atoms with Crippen molar-refractivity contribution in [1.29, 1.82) is 5.26 Å². The molecular formula is C12H17N3S. The summed E-state index contributed by atoms with van der Waals surface area (Å²) in [6.45, 7) is 3.06. The van der Waals surface area contributed by atoms with E-state index in [1.54, 1.807) is 6.07 Å². The molecule has 3 nitrogen and oxygen atoms in total. The van der Waals surface area contributed by atoms with Crippen molar-refractivity contribution in [2.45, 2.75) is 6.92 Å². The van der Waals surface area contributed by atoms with Crippen molar-refractivity contribution < 1.29 is 0 Å². The summed E-state index contributed by atoms with van der Waals surface area (Å²) in [5.41, 5.74) is 7.79. The molecule has 0 aliphatic rings. The van der Waals surface area contributed by atoms with Crippen molar-refractivity contribution in [1.82, 2.24) is 0 Å². The van der Waals surface area contributed by atoms with Gasteiger partial charge in [-0.3, -0.25) is 0 Å². The van der Waals surface area contributed by atoms with E-state index in [1.807, 2.05) is 23.9 Å². The Kier molecular flexibility index (Phi) is 5.00. The zero-order chi connectivity index (χ0) is 12.0. The van der Waals surface area contributed by atoms with Crippen LogP contribution < -0.4 is 11.1 Å². The quantitative estimate of drug-likeness (QED) is 0.770. The molecule has 1 rings (SSSR count). The van der Waals surface area contributed by atoms with E-state index in [1.165, 1.54) is 0 Å². The molecule has 1 unspecified atom stereocenters. The summed E-state index contributed by atoms with van der Waals surface area (Å²) in [5.74, 6) is 1.70. The minimum atomic E-state index is 0.530. The lowest BCUT2D eigenvalue weighted by molar-refractivity contribution is 0.702.